The van der Waals surface area contributed by atoms with Crippen LogP contribution in [0.3, 0.4) is 0 Å². The summed E-state index contributed by atoms with van der Waals surface area (Å²) in [4.78, 5) is 0. The summed E-state index contributed by atoms with van der Waals surface area (Å²) in [6.45, 7) is 24.1. The van der Waals surface area contributed by atoms with Crippen molar-refractivity contribution in [3.8, 4) is 11.5 Å². The first kappa shape index (κ1) is 26.3. The van der Waals surface area contributed by atoms with Crippen LogP contribution in [0.5, 0.6) is 0 Å². The quantitative estimate of drug-likeness (QED) is 0.256. The fourth-order valence-corrected chi connectivity index (χ4v) is 10.6. The Morgan fingerprint density at radius 2 is 1.62 bits per heavy atom. The average molecular weight is 417 g/mol. The molecular weight excluding hydrogens is 368 g/mol. The summed E-state index contributed by atoms with van der Waals surface area (Å²) in [5.41, 5.74) is 8.12. The van der Waals surface area contributed by atoms with Gasteiger partial charge in [0.05, 0.1) is 6.61 Å². The van der Waals surface area contributed by atoms with Crippen LogP contribution < -0.4 is 0 Å². The molecule has 0 amide bonds. The number of ether oxygens (including phenoxy) is 1. The zero-order valence-corrected chi connectivity index (χ0v) is 22.1. The molecule has 0 N–H and O–H groups in total. The lowest BCUT2D eigenvalue weighted by molar-refractivity contribution is 0.00819. The van der Waals surface area contributed by atoms with E-state index in [1.54, 1.807) is 0 Å². The van der Waals surface area contributed by atoms with E-state index in [-0.39, 0.29) is 0 Å². The first-order valence-corrected chi connectivity index (χ1v) is 14.3. The van der Waals surface area contributed by atoms with Crippen LogP contribution in [0, 0.1) is 17.4 Å². The maximum absolute atomic E-state index is 6.73. The van der Waals surface area contributed by atoms with Gasteiger partial charge in [-0.3, -0.25) is 0 Å². The van der Waals surface area contributed by atoms with Crippen LogP contribution in [0.4, 0.5) is 0 Å². The standard InChI is InChI=1S/C27H48OSi/c1-11-13-14-26(12-2)20-28-27(18-24(9)17-25(10)19-27)15-16-29(21(3)4,22(5)6)23(7)8/h17-18,21-23,26H,11-14,19-20H2,1-10H3. The summed E-state index contributed by atoms with van der Waals surface area (Å²) >= 11 is 0. The maximum atomic E-state index is 6.73. The molecular formula is C27H48OSi. The molecule has 0 spiro atoms. The van der Waals surface area contributed by atoms with Crippen LogP contribution in [0.25, 0.3) is 0 Å². The van der Waals surface area contributed by atoms with Gasteiger partial charge in [0.25, 0.3) is 0 Å². The van der Waals surface area contributed by atoms with E-state index in [9.17, 15) is 0 Å². The lowest BCUT2D eigenvalue weighted by Gasteiger charge is -2.39. The number of hydrogen-bond acceptors (Lipinski definition) is 1. The largest absolute Gasteiger partial charge is 0.358 e. The molecule has 0 fully saturated rings. The normalized spacial score (nSPS) is 21.1. The van der Waals surface area contributed by atoms with Crippen molar-refractivity contribution in [1.82, 2.24) is 0 Å². The van der Waals surface area contributed by atoms with Gasteiger partial charge in [0.1, 0.15) is 8.07 Å². The fraction of sp³-hybridized carbons (Fsp3) is 0.778. The summed E-state index contributed by atoms with van der Waals surface area (Å²) in [6, 6.07) is 0. The van der Waals surface area contributed by atoms with Gasteiger partial charge in [-0.15, -0.1) is 5.54 Å². The Hall–Kier alpha value is -0.783. The van der Waals surface area contributed by atoms with E-state index in [4.69, 9.17) is 4.74 Å². The highest BCUT2D eigenvalue weighted by atomic mass is 28.3. The van der Waals surface area contributed by atoms with E-state index in [0.29, 0.717) is 22.5 Å². The second-order valence-corrected chi connectivity index (χ2v) is 15.9. The molecule has 0 radical (unpaired) electrons. The van der Waals surface area contributed by atoms with Crippen LogP contribution in [0.1, 0.15) is 101 Å². The third kappa shape index (κ3) is 6.86. The highest BCUT2D eigenvalue weighted by molar-refractivity contribution is 6.90. The summed E-state index contributed by atoms with van der Waals surface area (Å²) < 4.78 is 6.73. The summed E-state index contributed by atoms with van der Waals surface area (Å²) in [6.07, 6.45) is 10.5. The number of unbranched alkanes of at least 4 members (excludes halogenated alkanes) is 1. The Morgan fingerprint density at radius 3 is 2.07 bits per heavy atom. The molecule has 1 aliphatic carbocycles. The topological polar surface area (TPSA) is 9.23 Å². The Bertz CT molecular complexity index is 607. The molecule has 1 aliphatic rings. The van der Waals surface area contributed by atoms with Crippen molar-refractivity contribution in [2.45, 2.75) is 124 Å². The van der Waals surface area contributed by atoms with Crippen molar-refractivity contribution in [1.29, 1.82) is 0 Å². The van der Waals surface area contributed by atoms with Gasteiger partial charge in [0.2, 0.25) is 0 Å². The Kier molecular flexibility index (Phi) is 10.5. The van der Waals surface area contributed by atoms with Crippen molar-refractivity contribution in [3.05, 3.63) is 23.3 Å². The molecule has 166 valence electrons. The SMILES string of the molecule is CCCCC(CC)COC1(C#C[Si](C(C)C)(C(C)C)C(C)C)C=C(C)C=C(C)C1. The van der Waals surface area contributed by atoms with Gasteiger partial charge in [-0.1, -0.05) is 97.8 Å². The predicted molar refractivity (Wildman–Crippen MR) is 133 cm³/mol. The molecule has 2 atom stereocenters. The van der Waals surface area contributed by atoms with Crippen LogP contribution in [0.2, 0.25) is 16.6 Å². The van der Waals surface area contributed by atoms with Gasteiger partial charge in [0.15, 0.2) is 5.60 Å². The minimum atomic E-state index is -1.78. The van der Waals surface area contributed by atoms with Gasteiger partial charge in [-0.05, 0) is 48.9 Å². The predicted octanol–water partition coefficient (Wildman–Crippen LogP) is 8.48. The molecule has 0 aromatic heterocycles. The Morgan fingerprint density at radius 1 is 1.03 bits per heavy atom. The molecule has 0 aromatic rings. The monoisotopic (exact) mass is 416 g/mol. The summed E-state index contributed by atoms with van der Waals surface area (Å²) in [5, 5.41) is 0. The number of rotatable bonds is 10. The average Bonchev–Trinajstić information content (AvgIpc) is 2.60. The molecule has 1 nitrogen and oxygen atoms in total. The highest BCUT2D eigenvalue weighted by Gasteiger charge is 2.42. The van der Waals surface area contributed by atoms with E-state index in [1.165, 1.54) is 36.8 Å². The zero-order valence-electron chi connectivity index (χ0n) is 21.1. The third-order valence-electron chi connectivity index (χ3n) is 6.95. The Balaban J connectivity index is 3.31. The first-order valence-electron chi connectivity index (χ1n) is 12.1. The lowest BCUT2D eigenvalue weighted by Crippen LogP contribution is -2.44. The molecule has 0 saturated heterocycles. The van der Waals surface area contributed by atoms with Crippen molar-refractivity contribution in [2.75, 3.05) is 6.61 Å². The molecule has 0 saturated carbocycles. The van der Waals surface area contributed by atoms with Crippen LogP contribution in [0.15, 0.2) is 23.3 Å². The summed E-state index contributed by atoms with van der Waals surface area (Å²) in [7, 11) is -1.78. The molecule has 0 bridgehead atoms. The second-order valence-electron chi connectivity index (χ2n) is 10.3. The zero-order chi connectivity index (χ0) is 22.2. The molecule has 2 heteroatoms. The second kappa shape index (κ2) is 11.6. The van der Waals surface area contributed by atoms with E-state index in [2.05, 4.69) is 92.9 Å². The van der Waals surface area contributed by atoms with Crippen LogP contribution >= 0.6 is 0 Å². The minimum absolute atomic E-state index is 0.445. The summed E-state index contributed by atoms with van der Waals surface area (Å²) in [5.74, 6) is 4.42. The Labute approximate surface area is 183 Å². The highest BCUT2D eigenvalue weighted by Crippen LogP contribution is 2.41. The van der Waals surface area contributed by atoms with E-state index in [0.717, 1.165) is 13.0 Å². The van der Waals surface area contributed by atoms with Gasteiger partial charge < -0.3 is 4.74 Å². The fourth-order valence-electron chi connectivity index (χ4n) is 5.34. The van der Waals surface area contributed by atoms with E-state index in [1.807, 2.05) is 0 Å². The number of hydrogen-bond donors (Lipinski definition) is 0. The van der Waals surface area contributed by atoms with Crippen molar-refractivity contribution >= 4 is 8.07 Å². The lowest BCUT2D eigenvalue weighted by atomic mass is 9.87. The van der Waals surface area contributed by atoms with Gasteiger partial charge >= 0.3 is 0 Å². The van der Waals surface area contributed by atoms with Gasteiger partial charge in [0, 0.05) is 6.42 Å². The van der Waals surface area contributed by atoms with Crippen molar-refractivity contribution in [3.63, 3.8) is 0 Å². The van der Waals surface area contributed by atoms with Crippen molar-refractivity contribution in [2.24, 2.45) is 5.92 Å². The van der Waals surface area contributed by atoms with Gasteiger partial charge in [-0.2, -0.15) is 0 Å². The minimum Gasteiger partial charge on any atom is -0.358 e. The van der Waals surface area contributed by atoms with Gasteiger partial charge in [-0.25, -0.2) is 0 Å². The van der Waals surface area contributed by atoms with E-state index >= 15 is 0 Å². The maximum Gasteiger partial charge on any atom is 0.150 e. The van der Waals surface area contributed by atoms with Crippen LogP contribution in [-0.2, 0) is 4.74 Å². The smallest absolute Gasteiger partial charge is 0.150 e. The van der Waals surface area contributed by atoms with E-state index < -0.39 is 13.7 Å². The molecule has 0 heterocycles. The molecule has 0 aromatic carbocycles. The molecule has 0 aliphatic heterocycles. The molecule has 29 heavy (non-hydrogen) atoms. The molecule has 1 rings (SSSR count). The van der Waals surface area contributed by atoms with Crippen molar-refractivity contribution < 1.29 is 4.74 Å². The molecule has 2 unspecified atom stereocenters. The van der Waals surface area contributed by atoms with Crippen LogP contribution in [-0.4, -0.2) is 20.3 Å². The first-order chi connectivity index (χ1) is 13.5. The third-order valence-corrected chi connectivity index (χ3v) is 13.2. The number of allylic oxidation sites excluding steroid dienone is 2.